The molecule has 4 amide bonds. The summed E-state index contributed by atoms with van der Waals surface area (Å²) >= 11 is 12.7. The first-order valence-corrected chi connectivity index (χ1v) is 29.2. The van der Waals surface area contributed by atoms with Gasteiger partial charge >= 0.3 is 0 Å². The summed E-state index contributed by atoms with van der Waals surface area (Å²) in [7, 11) is 0. The molecule has 0 saturated heterocycles. The van der Waals surface area contributed by atoms with Crippen molar-refractivity contribution in [2.75, 3.05) is 0 Å². The molecule has 0 aliphatic carbocycles. The van der Waals surface area contributed by atoms with Gasteiger partial charge in [-0.1, -0.05) is 196 Å². The Balaban J connectivity index is 0.000000205. The van der Waals surface area contributed by atoms with Crippen molar-refractivity contribution < 1.29 is 37.6 Å². The first-order chi connectivity index (χ1) is 41.7. The maximum atomic E-state index is 13.7. The van der Waals surface area contributed by atoms with Crippen LogP contribution in [-0.4, -0.2) is 69.3 Å². The van der Waals surface area contributed by atoms with Crippen molar-refractivity contribution in [1.82, 2.24) is 31.2 Å². The molecule has 8 aromatic carbocycles. The van der Waals surface area contributed by atoms with Crippen molar-refractivity contribution in [3.63, 3.8) is 0 Å². The van der Waals surface area contributed by atoms with E-state index in [0.29, 0.717) is 69.1 Å². The Morgan fingerprint density at radius 3 is 1.09 bits per heavy atom. The van der Waals surface area contributed by atoms with Gasteiger partial charge in [0.25, 0.3) is 23.6 Å². The Labute approximate surface area is 508 Å². The van der Waals surface area contributed by atoms with E-state index in [1.807, 2.05) is 159 Å². The van der Waals surface area contributed by atoms with Crippen LogP contribution >= 0.6 is 23.2 Å². The van der Waals surface area contributed by atoms with Crippen LogP contribution in [0.3, 0.4) is 0 Å². The fourth-order valence-corrected chi connectivity index (χ4v) is 10.5. The first-order valence-electron chi connectivity index (χ1n) is 28.5. The van der Waals surface area contributed by atoms with Crippen molar-refractivity contribution >= 4 is 80.6 Å². The van der Waals surface area contributed by atoms with E-state index in [-0.39, 0.29) is 23.6 Å². The van der Waals surface area contributed by atoms with Crippen molar-refractivity contribution in [2.24, 2.45) is 0 Å². The third kappa shape index (κ3) is 15.2. The second-order valence-corrected chi connectivity index (χ2v) is 21.7. The van der Waals surface area contributed by atoms with E-state index < -0.39 is 59.4 Å². The molecule has 4 N–H and O–H groups in total. The highest BCUT2D eigenvalue weighted by Gasteiger charge is 2.32. The molecule has 16 heteroatoms. The second kappa shape index (κ2) is 28.9. The van der Waals surface area contributed by atoms with Gasteiger partial charge in [-0.2, -0.15) is 0 Å². The predicted octanol–water partition coefficient (Wildman–Crippen LogP) is 14.4. The summed E-state index contributed by atoms with van der Waals surface area (Å²) in [5.41, 5.74) is 8.45. The van der Waals surface area contributed by atoms with Gasteiger partial charge in [0.05, 0.1) is 12.1 Å². The van der Waals surface area contributed by atoms with Gasteiger partial charge in [-0.3, -0.25) is 28.8 Å². The number of Topliss-reactive ketones (excluding diaryl/α,β-unsaturated/α-hetero) is 2. The molecule has 0 unspecified atom stereocenters. The summed E-state index contributed by atoms with van der Waals surface area (Å²) in [6.45, 7) is 7.60. The molecule has 10 rings (SSSR count). The highest BCUT2D eigenvalue weighted by atomic mass is 35.5. The summed E-state index contributed by atoms with van der Waals surface area (Å²) < 4.78 is 11.3. The van der Waals surface area contributed by atoms with Gasteiger partial charge < -0.3 is 30.1 Å². The number of oxazole rings is 2. The van der Waals surface area contributed by atoms with Gasteiger partial charge in [0.1, 0.15) is 23.1 Å². The number of nitrogens with one attached hydrogen (secondary N) is 4. The van der Waals surface area contributed by atoms with Crippen LogP contribution in [0, 0.1) is 0 Å². The standard InChI is InChI=1S/2C35H32ClN3O4/c2*1-3-28(32(40)35-39-29-15-9-10-16-31(29)43-35)37-34(42)30(21-22(2)23-11-5-4-6-12-23)38-33(41)25-19-17-24(18-20-25)26-13-7-8-14-27(26)36/h2*4-20,22,28,30H,3,21H2,1-2H3,(H,37,42)(H,38,41)/t22-,28-,30+;22-,28-,30-/m00/s1. The maximum Gasteiger partial charge on any atom is 0.266 e. The molecule has 0 aliphatic heterocycles. The third-order valence-electron chi connectivity index (χ3n) is 14.9. The highest BCUT2D eigenvalue weighted by Crippen LogP contribution is 2.30. The predicted molar refractivity (Wildman–Crippen MR) is 336 cm³/mol. The van der Waals surface area contributed by atoms with E-state index in [0.717, 1.165) is 33.4 Å². The number of halogens is 2. The zero-order chi connectivity index (χ0) is 60.7. The Kier molecular flexibility index (Phi) is 20.5. The highest BCUT2D eigenvalue weighted by molar-refractivity contribution is 6.33. The van der Waals surface area contributed by atoms with Crippen LogP contribution in [0.1, 0.15) is 118 Å². The number of nitrogens with zero attached hydrogens (tertiary/aromatic N) is 2. The van der Waals surface area contributed by atoms with Crippen molar-refractivity contribution in [3.05, 3.63) is 250 Å². The van der Waals surface area contributed by atoms with E-state index in [2.05, 4.69) is 31.2 Å². The molecule has 0 saturated carbocycles. The van der Waals surface area contributed by atoms with E-state index in [1.165, 1.54) is 0 Å². The number of fused-ring (bicyclic) bond motifs is 2. The minimum Gasteiger partial charge on any atom is -0.434 e. The fourth-order valence-electron chi connectivity index (χ4n) is 9.99. The van der Waals surface area contributed by atoms with Gasteiger partial charge in [-0.05, 0) is 120 Å². The number of hydrogen-bond acceptors (Lipinski definition) is 10. The number of carbonyl (C=O) groups excluding carboxylic acids is 6. The van der Waals surface area contributed by atoms with E-state index in [1.54, 1.807) is 74.5 Å². The smallest absolute Gasteiger partial charge is 0.266 e. The van der Waals surface area contributed by atoms with Gasteiger partial charge in [-0.25, -0.2) is 9.97 Å². The molecular formula is C70H64Cl2N6O8. The molecule has 0 aliphatic rings. The van der Waals surface area contributed by atoms with E-state index in [4.69, 9.17) is 32.0 Å². The average molecular weight is 1190 g/mol. The minimum atomic E-state index is -0.906. The largest absolute Gasteiger partial charge is 0.434 e. The number of hydrogen-bond donors (Lipinski definition) is 4. The zero-order valence-corrected chi connectivity index (χ0v) is 49.4. The monoisotopic (exact) mass is 1190 g/mol. The Morgan fingerprint density at radius 2 is 0.744 bits per heavy atom. The first kappa shape index (κ1) is 61.1. The fraction of sp³-hybridized carbons (Fsp3) is 0.200. The normalized spacial score (nSPS) is 13.2. The average Bonchev–Trinajstić information content (AvgIpc) is 3.16. The number of aromatic nitrogens is 2. The molecule has 10 aromatic rings. The number of carbonyl (C=O) groups is 6. The lowest BCUT2D eigenvalue weighted by Gasteiger charge is -2.24. The van der Waals surface area contributed by atoms with E-state index >= 15 is 0 Å². The molecule has 86 heavy (non-hydrogen) atoms. The van der Waals surface area contributed by atoms with Gasteiger partial charge in [0, 0.05) is 32.3 Å². The molecule has 0 radical (unpaired) electrons. The van der Waals surface area contributed by atoms with Crippen LogP contribution in [0.2, 0.25) is 10.0 Å². The summed E-state index contributed by atoms with van der Waals surface area (Å²) in [5.74, 6) is -2.79. The Hall–Kier alpha value is -9.50. The molecule has 14 nitrogen and oxygen atoms in total. The van der Waals surface area contributed by atoms with Gasteiger partial charge in [-0.15, -0.1) is 0 Å². The lowest BCUT2D eigenvalue weighted by atomic mass is 9.93. The number of para-hydroxylation sites is 4. The minimum absolute atomic E-state index is 0.0485. The maximum absolute atomic E-state index is 13.7. The zero-order valence-electron chi connectivity index (χ0n) is 47.8. The number of benzene rings is 8. The summed E-state index contributed by atoms with van der Waals surface area (Å²) in [5, 5.41) is 12.7. The Morgan fingerprint density at radius 1 is 0.407 bits per heavy atom. The number of rotatable bonds is 22. The lowest BCUT2D eigenvalue weighted by molar-refractivity contribution is -0.124. The van der Waals surface area contributed by atoms with Crippen LogP contribution in [0.5, 0.6) is 0 Å². The molecular weight excluding hydrogens is 1120 g/mol. The lowest BCUT2D eigenvalue weighted by Crippen LogP contribution is -2.51. The summed E-state index contributed by atoms with van der Waals surface area (Å²) in [6.07, 6.45) is 1.29. The SMILES string of the molecule is CC[C@H](NC(=O)[C@@H](C[C@H](C)c1ccccc1)NC(=O)c1ccc(-c2ccccc2Cl)cc1)C(=O)c1nc2ccccc2o1.CC[C@H](NC(=O)[C@H](C[C@H](C)c1ccccc1)NC(=O)c1ccc(-c2ccccc2Cl)cc1)C(=O)c1nc2ccccc2o1. The number of ketones is 2. The molecule has 6 atom stereocenters. The van der Waals surface area contributed by atoms with E-state index in [9.17, 15) is 28.8 Å². The van der Waals surface area contributed by atoms with Crippen molar-refractivity contribution in [2.45, 2.75) is 89.4 Å². The summed E-state index contributed by atoms with van der Waals surface area (Å²) in [6, 6.07) is 59.3. The Bertz CT molecular complexity index is 3660. The van der Waals surface area contributed by atoms with Crippen LogP contribution in [0.25, 0.3) is 44.5 Å². The molecule has 0 bridgehead atoms. The number of amides is 4. The molecule has 2 heterocycles. The summed E-state index contributed by atoms with van der Waals surface area (Å²) in [4.78, 5) is 89.3. The molecule has 0 spiro atoms. The topological polar surface area (TPSA) is 203 Å². The quantitative estimate of drug-likeness (QED) is 0.0473. The van der Waals surface area contributed by atoms with Gasteiger partial charge in [0.15, 0.2) is 11.2 Å². The second-order valence-electron chi connectivity index (χ2n) is 20.9. The molecule has 436 valence electrons. The van der Waals surface area contributed by atoms with Crippen LogP contribution in [-0.2, 0) is 9.59 Å². The molecule has 2 aromatic heterocycles. The van der Waals surface area contributed by atoms with Crippen LogP contribution in [0.15, 0.2) is 215 Å². The van der Waals surface area contributed by atoms with Crippen molar-refractivity contribution in [3.8, 4) is 22.3 Å². The van der Waals surface area contributed by atoms with Crippen LogP contribution in [0.4, 0.5) is 0 Å². The van der Waals surface area contributed by atoms with Gasteiger partial charge in [0.2, 0.25) is 23.4 Å². The van der Waals surface area contributed by atoms with Crippen molar-refractivity contribution in [1.29, 1.82) is 0 Å². The molecule has 0 fully saturated rings. The van der Waals surface area contributed by atoms with Crippen LogP contribution < -0.4 is 21.3 Å². The third-order valence-corrected chi connectivity index (χ3v) is 15.6.